The lowest BCUT2D eigenvalue weighted by molar-refractivity contribution is -0.128. The van der Waals surface area contributed by atoms with E-state index in [1.54, 1.807) is 0 Å². The minimum atomic E-state index is -0.142. The normalized spacial score (nSPS) is 23.5. The Labute approximate surface area is 166 Å². The molecule has 2 aromatic rings. The Balaban J connectivity index is 1.48. The number of nitrogens with zero attached hydrogens (tertiary/aromatic N) is 3. The maximum absolute atomic E-state index is 12.8. The van der Waals surface area contributed by atoms with Crippen molar-refractivity contribution < 1.29 is 14.1 Å². The highest BCUT2D eigenvalue weighted by atomic mass is 16.5. The van der Waals surface area contributed by atoms with Gasteiger partial charge in [0.25, 0.3) is 0 Å². The largest absolute Gasteiger partial charge is 0.379 e. The summed E-state index contributed by atoms with van der Waals surface area (Å²) in [6, 6.07) is 8.65. The standard InChI is InChI=1S/C22H29N3O3/c1-16-5-4-6-19(9-16)11-24-7-8-27-15-22(13-24)10-21(26)25(14-22)12-20-17(2)23-28-18(20)3/h4-6,9H,7-8,10-15H2,1-3H3. The molecule has 2 aliphatic heterocycles. The lowest BCUT2D eigenvalue weighted by Gasteiger charge is -2.31. The number of likely N-dealkylation sites (tertiary alicyclic amines) is 1. The zero-order valence-corrected chi connectivity index (χ0v) is 17.0. The van der Waals surface area contributed by atoms with E-state index in [1.807, 2.05) is 18.7 Å². The van der Waals surface area contributed by atoms with Gasteiger partial charge in [-0.15, -0.1) is 0 Å². The second kappa shape index (κ2) is 7.68. The smallest absolute Gasteiger partial charge is 0.223 e. The summed E-state index contributed by atoms with van der Waals surface area (Å²) in [5, 5.41) is 4.02. The van der Waals surface area contributed by atoms with Crippen LogP contribution in [0.5, 0.6) is 0 Å². The van der Waals surface area contributed by atoms with Gasteiger partial charge < -0.3 is 14.2 Å². The molecule has 2 saturated heterocycles. The second-order valence-electron chi connectivity index (χ2n) is 8.48. The Kier molecular flexibility index (Phi) is 5.25. The average molecular weight is 383 g/mol. The molecule has 2 fully saturated rings. The molecule has 150 valence electrons. The Bertz CT molecular complexity index is 843. The van der Waals surface area contributed by atoms with Crippen molar-refractivity contribution in [2.45, 2.75) is 40.3 Å². The highest BCUT2D eigenvalue weighted by Crippen LogP contribution is 2.36. The molecular weight excluding hydrogens is 354 g/mol. The maximum Gasteiger partial charge on any atom is 0.223 e. The number of carbonyl (C=O) groups is 1. The third kappa shape index (κ3) is 3.98. The summed E-state index contributed by atoms with van der Waals surface area (Å²) in [5.41, 5.74) is 4.34. The van der Waals surface area contributed by atoms with Crippen LogP contribution in [0.25, 0.3) is 0 Å². The first-order valence-corrected chi connectivity index (χ1v) is 9.99. The van der Waals surface area contributed by atoms with Gasteiger partial charge in [0.2, 0.25) is 5.91 Å². The Hall–Kier alpha value is -2.18. The van der Waals surface area contributed by atoms with Crippen LogP contribution < -0.4 is 0 Å². The zero-order chi connectivity index (χ0) is 19.7. The summed E-state index contributed by atoms with van der Waals surface area (Å²) in [6.45, 7) is 11.3. The highest BCUT2D eigenvalue weighted by Gasteiger charge is 2.45. The van der Waals surface area contributed by atoms with E-state index in [0.29, 0.717) is 26.2 Å². The minimum absolute atomic E-state index is 0.142. The average Bonchev–Trinajstić information content (AvgIpc) is 3.03. The summed E-state index contributed by atoms with van der Waals surface area (Å²) in [4.78, 5) is 17.2. The fourth-order valence-electron chi connectivity index (χ4n) is 4.53. The van der Waals surface area contributed by atoms with Crippen LogP contribution >= 0.6 is 0 Å². The van der Waals surface area contributed by atoms with Crippen molar-refractivity contribution in [3.05, 3.63) is 52.4 Å². The van der Waals surface area contributed by atoms with Crippen LogP contribution in [0.1, 0.15) is 34.6 Å². The van der Waals surface area contributed by atoms with E-state index < -0.39 is 0 Å². The SMILES string of the molecule is Cc1cccc(CN2CCOCC3(CC(=O)N(Cc4c(C)noc4C)C3)C2)c1. The lowest BCUT2D eigenvalue weighted by atomic mass is 9.87. The van der Waals surface area contributed by atoms with E-state index in [9.17, 15) is 4.79 Å². The van der Waals surface area contributed by atoms with E-state index in [4.69, 9.17) is 9.26 Å². The van der Waals surface area contributed by atoms with Gasteiger partial charge in [0, 0.05) is 43.6 Å². The molecule has 0 saturated carbocycles. The molecule has 1 spiro atoms. The molecule has 1 aromatic carbocycles. The van der Waals surface area contributed by atoms with Crippen LogP contribution in [0.2, 0.25) is 0 Å². The summed E-state index contributed by atoms with van der Waals surface area (Å²) < 4.78 is 11.2. The lowest BCUT2D eigenvalue weighted by Crippen LogP contribution is -2.40. The fourth-order valence-corrected chi connectivity index (χ4v) is 4.53. The van der Waals surface area contributed by atoms with E-state index in [-0.39, 0.29) is 11.3 Å². The van der Waals surface area contributed by atoms with Gasteiger partial charge in [0.1, 0.15) is 5.76 Å². The number of benzene rings is 1. The zero-order valence-electron chi connectivity index (χ0n) is 17.0. The number of aromatic nitrogens is 1. The van der Waals surface area contributed by atoms with Crippen LogP contribution in [-0.2, 0) is 22.6 Å². The van der Waals surface area contributed by atoms with Crippen molar-refractivity contribution in [1.29, 1.82) is 0 Å². The molecular formula is C22H29N3O3. The van der Waals surface area contributed by atoms with E-state index in [2.05, 4.69) is 41.2 Å². The van der Waals surface area contributed by atoms with Gasteiger partial charge in [-0.1, -0.05) is 35.0 Å². The van der Waals surface area contributed by atoms with Gasteiger partial charge in [0.15, 0.2) is 0 Å². The number of hydrogen-bond donors (Lipinski definition) is 0. The second-order valence-corrected chi connectivity index (χ2v) is 8.48. The van der Waals surface area contributed by atoms with E-state index in [1.165, 1.54) is 11.1 Å². The molecule has 0 aliphatic carbocycles. The van der Waals surface area contributed by atoms with Gasteiger partial charge in [-0.05, 0) is 26.3 Å². The molecule has 0 N–H and O–H groups in total. The van der Waals surface area contributed by atoms with Gasteiger partial charge in [-0.3, -0.25) is 9.69 Å². The molecule has 6 nitrogen and oxygen atoms in total. The van der Waals surface area contributed by atoms with Crippen LogP contribution in [0.15, 0.2) is 28.8 Å². The van der Waals surface area contributed by atoms with Gasteiger partial charge >= 0.3 is 0 Å². The Morgan fingerprint density at radius 1 is 1.18 bits per heavy atom. The topological polar surface area (TPSA) is 58.8 Å². The van der Waals surface area contributed by atoms with E-state index >= 15 is 0 Å². The van der Waals surface area contributed by atoms with Crippen molar-refractivity contribution in [2.24, 2.45) is 5.41 Å². The van der Waals surface area contributed by atoms with Crippen molar-refractivity contribution in [1.82, 2.24) is 15.0 Å². The third-order valence-corrected chi connectivity index (χ3v) is 5.94. The van der Waals surface area contributed by atoms with Crippen molar-refractivity contribution in [3.63, 3.8) is 0 Å². The fraction of sp³-hybridized carbons (Fsp3) is 0.545. The molecule has 4 rings (SSSR count). The highest BCUT2D eigenvalue weighted by molar-refractivity contribution is 5.79. The minimum Gasteiger partial charge on any atom is -0.379 e. The van der Waals surface area contributed by atoms with Gasteiger partial charge in [-0.25, -0.2) is 0 Å². The third-order valence-electron chi connectivity index (χ3n) is 5.94. The molecule has 28 heavy (non-hydrogen) atoms. The quantitative estimate of drug-likeness (QED) is 0.813. The number of carbonyl (C=O) groups excluding carboxylic acids is 1. The number of ether oxygens (including phenoxy) is 1. The van der Waals surface area contributed by atoms with Crippen LogP contribution in [-0.4, -0.2) is 53.7 Å². The van der Waals surface area contributed by atoms with Crippen molar-refractivity contribution >= 4 is 5.91 Å². The Morgan fingerprint density at radius 3 is 2.79 bits per heavy atom. The molecule has 1 aromatic heterocycles. The predicted octanol–water partition coefficient (Wildman–Crippen LogP) is 2.85. The van der Waals surface area contributed by atoms with Crippen molar-refractivity contribution in [3.8, 4) is 0 Å². The maximum atomic E-state index is 12.8. The molecule has 1 unspecified atom stereocenters. The number of aryl methyl sites for hydroxylation is 3. The van der Waals surface area contributed by atoms with Crippen LogP contribution in [0.4, 0.5) is 0 Å². The Morgan fingerprint density at radius 2 is 2.04 bits per heavy atom. The monoisotopic (exact) mass is 383 g/mol. The molecule has 3 heterocycles. The molecule has 2 aliphatic rings. The number of amides is 1. The molecule has 1 amide bonds. The van der Waals surface area contributed by atoms with Gasteiger partial charge in [0.05, 0.1) is 25.5 Å². The molecule has 1 atom stereocenters. The van der Waals surface area contributed by atoms with E-state index in [0.717, 1.165) is 43.2 Å². The molecule has 0 bridgehead atoms. The van der Waals surface area contributed by atoms with Crippen LogP contribution in [0.3, 0.4) is 0 Å². The summed E-state index contributed by atoms with van der Waals surface area (Å²) in [6.07, 6.45) is 0.542. The van der Waals surface area contributed by atoms with Crippen molar-refractivity contribution in [2.75, 3.05) is 32.8 Å². The summed E-state index contributed by atoms with van der Waals surface area (Å²) in [5.74, 6) is 0.991. The molecule has 0 radical (unpaired) electrons. The first kappa shape index (κ1) is 19.2. The van der Waals surface area contributed by atoms with Crippen LogP contribution in [0, 0.1) is 26.2 Å². The summed E-state index contributed by atoms with van der Waals surface area (Å²) in [7, 11) is 0. The number of hydrogen-bond acceptors (Lipinski definition) is 5. The number of rotatable bonds is 4. The molecule has 6 heteroatoms. The predicted molar refractivity (Wildman–Crippen MR) is 106 cm³/mol. The summed E-state index contributed by atoms with van der Waals surface area (Å²) >= 11 is 0. The first-order valence-electron chi connectivity index (χ1n) is 9.99. The van der Waals surface area contributed by atoms with Gasteiger partial charge in [-0.2, -0.15) is 0 Å². The first-order chi connectivity index (χ1) is 13.4.